The maximum Gasteiger partial charge on any atom is 0.220 e. The molecule has 2 aliphatic rings. The number of aliphatic imine (C=N–C) groups is 1. The summed E-state index contributed by atoms with van der Waals surface area (Å²) in [6.07, 6.45) is 6.76. The monoisotopic (exact) mass is 367 g/mol. The Hall–Kier alpha value is -1.34. The number of rotatable bonds is 11. The minimum Gasteiger partial charge on any atom is -0.379 e. The first-order valence-electron chi connectivity index (χ1n) is 10.1. The van der Waals surface area contributed by atoms with E-state index in [0.717, 1.165) is 83.5 Å². The second kappa shape index (κ2) is 11.4. The van der Waals surface area contributed by atoms with Gasteiger partial charge in [0.2, 0.25) is 5.91 Å². The summed E-state index contributed by atoms with van der Waals surface area (Å²) in [5.74, 6) is 1.70. The van der Waals surface area contributed by atoms with E-state index >= 15 is 0 Å². The lowest BCUT2D eigenvalue weighted by atomic mass is 9.96. The Balaban J connectivity index is 1.48. The molecule has 26 heavy (non-hydrogen) atoms. The lowest BCUT2D eigenvalue weighted by Gasteiger charge is -2.30. The first kappa shape index (κ1) is 21.0. The molecule has 1 saturated heterocycles. The number of unbranched alkanes of at least 4 members (excludes halogenated alkanes) is 1. The molecular weight excluding hydrogens is 330 g/mol. The molecule has 2 fully saturated rings. The van der Waals surface area contributed by atoms with E-state index in [1.807, 2.05) is 7.05 Å². The van der Waals surface area contributed by atoms with Gasteiger partial charge in [0.25, 0.3) is 0 Å². The van der Waals surface area contributed by atoms with Crippen molar-refractivity contribution in [3.8, 4) is 0 Å². The van der Waals surface area contributed by atoms with Crippen molar-refractivity contribution in [1.29, 1.82) is 0 Å². The van der Waals surface area contributed by atoms with E-state index < -0.39 is 0 Å². The minimum absolute atomic E-state index is 0.0834. The molecule has 1 aliphatic carbocycles. The summed E-state index contributed by atoms with van der Waals surface area (Å²) in [6.45, 7) is 6.54. The van der Waals surface area contributed by atoms with Gasteiger partial charge in [0.15, 0.2) is 5.96 Å². The molecule has 1 amide bonds. The number of primary amides is 1. The molecule has 0 aromatic carbocycles. The van der Waals surface area contributed by atoms with Crippen molar-refractivity contribution < 1.29 is 9.53 Å². The number of ether oxygens (including phenoxy) is 1. The van der Waals surface area contributed by atoms with E-state index in [-0.39, 0.29) is 11.8 Å². The highest BCUT2D eigenvalue weighted by Crippen LogP contribution is 2.28. The van der Waals surface area contributed by atoms with Crippen LogP contribution in [-0.4, -0.2) is 81.7 Å². The molecule has 1 aliphatic heterocycles. The molecule has 0 bridgehead atoms. The third kappa shape index (κ3) is 7.91. The number of nitrogens with one attached hydrogen (secondary N) is 1. The number of likely N-dealkylation sites (tertiary alicyclic amines) is 1. The van der Waals surface area contributed by atoms with Gasteiger partial charge in [-0.2, -0.15) is 0 Å². The lowest BCUT2D eigenvalue weighted by Crippen LogP contribution is -2.41. The fraction of sp³-hybridized carbons (Fsp3) is 0.895. The molecule has 0 atom stereocenters. The summed E-state index contributed by atoms with van der Waals surface area (Å²) in [5, 5.41) is 3.43. The van der Waals surface area contributed by atoms with Crippen LogP contribution in [0.15, 0.2) is 4.99 Å². The quantitative estimate of drug-likeness (QED) is 0.322. The molecule has 1 saturated carbocycles. The molecule has 2 rings (SSSR count). The Morgan fingerprint density at radius 2 is 2.00 bits per heavy atom. The molecule has 150 valence electrons. The van der Waals surface area contributed by atoms with Gasteiger partial charge in [-0.3, -0.25) is 9.79 Å². The van der Waals surface area contributed by atoms with Gasteiger partial charge in [-0.25, -0.2) is 0 Å². The number of carbonyl (C=O) groups is 1. The highest BCUT2D eigenvalue weighted by molar-refractivity contribution is 5.79. The SMILES string of the molecule is CN=C(NCCCCN1CCC(C(N)=O)CC1)N(C)CCOCC1CC1. The van der Waals surface area contributed by atoms with Crippen molar-refractivity contribution in [2.75, 3.05) is 60.0 Å². The van der Waals surface area contributed by atoms with Crippen LogP contribution in [0.1, 0.15) is 38.5 Å². The third-order valence-corrected chi connectivity index (χ3v) is 5.37. The number of guanidine groups is 1. The predicted octanol–water partition coefficient (Wildman–Crippen LogP) is 0.898. The van der Waals surface area contributed by atoms with E-state index in [0.29, 0.717) is 0 Å². The van der Waals surface area contributed by atoms with Gasteiger partial charge in [-0.15, -0.1) is 0 Å². The number of nitrogens with two attached hydrogens (primary N) is 1. The molecule has 0 aromatic heterocycles. The molecule has 0 radical (unpaired) electrons. The zero-order valence-corrected chi connectivity index (χ0v) is 16.6. The van der Waals surface area contributed by atoms with Gasteiger partial charge in [0.1, 0.15) is 0 Å². The summed E-state index contributed by atoms with van der Waals surface area (Å²) < 4.78 is 5.70. The molecule has 0 unspecified atom stereocenters. The maximum absolute atomic E-state index is 11.2. The summed E-state index contributed by atoms with van der Waals surface area (Å²) in [4.78, 5) is 20.1. The van der Waals surface area contributed by atoms with Gasteiger partial charge in [-0.05, 0) is 64.1 Å². The fourth-order valence-electron chi connectivity index (χ4n) is 3.33. The highest BCUT2D eigenvalue weighted by Gasteiger charge is 2.22. The van der Waals surface area contributed by atoms with Crippen LogP contribution in [0.5, 0.6) is 0 Å². The van der Waals surface area contributed by atoms with Crippen LogP contribution in [0, 0.1) is 11.8 Å². The Bertz CT molecular complexity index is 445. The zero-order chi connectivity index (χ0) is 18.8. The molecule has 7 nitrogen and oxygen atoms in total. The summed E-state index contributed by atoms with van der Waals surface area (Å²) in [7, 11) is 3.88. The zero-order valence-electron chi connectivity index (χ0n) is 16.6. The van der Waals surface area contributed by atoms with Crippen LogP contribution in [0.2, 0.25) is 0 Å². The van der Waals surface area contributed by atoms with Crippen LogP contribution in [0.3, 0.4) is 0 Å². The number of hydrogen-bond donors (Lipinski definition) is 2. The molecule has 1 heterocycles. The molecule has 0 spiro atoms. The number of likely N-dealkylation sites (N-methyl/N-ethyl adjacent to an activating group) is 1. The Kier molecular flexibility index (Phi) is 9.18. The number of piperidine rings is 1. The van der Waals surface area contributed by atoms with E-state index in [2.05, 4.69) is 27.2 Å². The van der Waals surface area contributed by atoms with E-state index in [1.54, 1.807) is 0 Å². The molecule has 7 heteroatoms. The Morgan fingerprint density at radius 3 is 2.62 bits per heavy atom. The smallest absolute Gasteiger partial charge is 0.220 e. The van der Waals surface area contributed by atoms with Crippen LogP contribution < -0.4 is 11.1 Å². The lowest BCUT2D eigenvalue weighted by molar-refractivity contribution is -0.123. The average Bonchev–Trinajstić information content (AvgIpc) is 3.46. The second-order valence-corrected chi connectivity index (χ2v) is 7.64. The summed E-state index contributed by atoms with van der Waals surface area (Å²) >= 11 is 0. The van der Waals surface area contributed by atoms with Crippen molar-refractivity contribution in [3.63, 3.8) is 0 Å². The van der Waals surface area contributed by atoms with Gasteiger partial charge in [-0.1, -0.05) is 0 Å². The third-order valence-electron chi connectivity index (χ3n) is 5.37. The largest absolute Gasteiger partial charge is 0.379 e. The topological polar surface area (TPSA) is 83.2 Å². The van der Waals surface area contributed by atoms with Crippen molar-refractivity contribution in [2.45, 2.75) is 38.5 Å². The fourth-order valence-corrected chi connectivity index (χ4v) is 3.33. The van der Waals surface area contributed by atoms with Crippen molar-refractivity contribution >= 4 is 11.9 Å². The minimum atomic E-state index is -0.137. The van der Waals surface area contributed by atoms with Gasteiger partial charge < -0.3 is 25.6 Å². The van der Waals surface area contributed by atoms with Crippen LogP contribution >= 0.6 is 0 Å². The van der Waals surface area contributed by atoms with E-state index in [1.165, 1.54) is 12.8 Å². The number of hydrogen-bond acceptors (Lipinski definition) is 4. The normalized spacial score (nSPS) is 19.5. The number of nitrogens with zero attached hydrogens (tertiary/aromatic N) is 3. The van der Waals surface area contributed by atoms with Crippen LogP contribution in [-0.2, 0) is 9.53 Å². The first-order chi connectivity index (χ1) is 12.6. The van der Waals surface area contributed by atoms with Crippen molar-refractivity contribution in [2.24, 2.45) is 22.6 Å². The van der Waals surface area contributed by atoms with Gasteiger partial charge >= 0.3 is 0 Å². The Labute approximate surface area is 158 Å². The van der Waals surface area contributed by atoms with E-state index in [9.17, 15) is 4.79 Å². The average molecular weight is 368 g/mol. The van der Waals surface area contributed by atoms with Gasteiger partial charge in [0, 0.05) is 39.7 Å². The number of carbonyl (C=O) groups excluding carboxylic acids is 1. The molecular formula is C19H37N5O2. The van der Waals surface area contributed by atoms with E-state index in [4.69, 9.17) is 10.5 Å². The van der Waals surface area contributed by atoms with Crippen LogP contribution in [0.25, 0.3) is 0 Å². The highest BCUT2D eigenvalue weighted by atomic mass is 16.5. The first-order valence-corrected chi connectivity index (χ1v) is 10.1. The second-order valence-electron chi connectivity index (χ2n) is 7.64. The summed E-state index contributed by atoms with van der Waals surface area (Å²) in [6, 6.07) is 0. The molecule has 0 aromatic rings. The van der Waals surface area contributed by atoms with Crippen molar-refractivity contribution in [1.82, 2.24) is 15.1 Å². The Morgan fingerprint density at radius 1 is 1.27 bits per heavy atom. The molecule has 3 N–H and O–H groups in total. The maximum atomic E-state index is 11.2. The van der Waals surface area contributed by atoms with Gasteiger partial charge in [0.05, 0.1) is 6.61 Å². The van der Waals surface area contributed by atoms with Crippen LogP contribution in [0.4, 0.5) is 0 Å². The van der Waals surface area contributed by atoms with Crippen molar-refractivity contribution in [3.05, 3.63) is 0 Å². The number of amides is 1. The predicted molar refractivity (Wildman–Crippen MR) is 105 cm³/mol. The standard InChI is InChI=1S/C19H37N5O2/c1-21-19(23(2)13-14-26-15-16-5-6-16)22-9-3-4-10-24-11-7-17(8-12-24)18(20)25/h16-17H,3-15H2,1-2H3,(H2,20,25)(H,21,22). The summed E-state index contributed by atoms with van der Waals surface area (Å²) in [5.41, 5.74) is 5.38.